The van der Waals surface area contributed by atoms with E-state index < -0.39 is 17.3 Å². The van der Waals surface area contributed by atoms with Crippen molar-refractivity contribution in [1.29, 1.82) is 0 Å². The van der Waals surface area contributed by atoms with Crippen LogP contribution in [0.25, 0.3) is 0 Å². The van der Waals surface area contributed by atoms with Crippen LogP contribution >= 0.6 is 0 Å². The summed E-state index contributed by atoms with van der Waals surface area (Å²) in [6.07, 6.45) is 0. The van der Waals surface area contributed by atoms with Gasteiger partial charge in [-0.15, -0.1) is 0 Å². The molecule has 5 nitrogen and oxygen atoms in total. The van der Waals surface area contributed by atoms with E-state index in [1.807, 2.05) is 0 Å². The molecule has 0 spiro atoms. The summed E-state index contributed by atoms with van der Waals surface area (Å²) in [6, 6.07) is 0.850. The maximum absolute atomic E-state index is 12.9. The standard InChI is InChI=1S/C9H11FN2O3/c1-3-15-9(14)5-4-6(10)8(13)12-7(5)11-2/h4H,3H2,1-2H3,(H2,11,12,13). The second kappa shape index (κ2) is 4.59. The molecule has 0 unspecified atom stereocenters. The molecule has 0 amide bonds. The molecule has 0 bridgehead atoms. The van der Waals surface area contributed by atoms with E-state index >= 15 is 0 Å². The van der Waals surface area contributed by atoms with Crippen molar-refractivity contribution in [3.8, 4) is 0 Å². The van der Waals surface area contributed by atoms with E-state index in [0.29, 0.717) is 0 Å². The van der Waals surface area contributed by atoms with Crippen molar-refractivity contribution in [2.24, 2.45) is 0 Å². The second-order valence-electron chi connectivity index (χ2n) is 2.71. The van der Waals surface area contributed by atoms with Crippen LogP contribution in [0.3, 0.4) is 0 Å². The SMILES string of the molecule is CCOC(=O)c1cc(F)c(=O)[nH]c1NC. The Hall–Kier alpha value is -1.85. The first-order chi connectivity index (χ1) is 7.10. The number of rotatable bonds is 3. The Bertz CT molecular complexity index is 428. The Morgan fingerprint density at radius 3 is 2.87 bits per heavy atom. The van der Waals surface area contributed by atoms with Gasteiger partial charge in [-0.1, -0.05) is 0 Å². The zero-order valence-corrected chi connectivity index (χ0v) is 8.39. The van der Waals surface area contributed by atoms with Crippen molar-refractivity contribution < 1.29 is 13.9 Å². The predicted molar refractivity (Wildman–Crippen MR) is 52.5 cm³/mol. The maximum atomic E-state index is 12.9. The van der Waals surface area contributed by atoms with Gasteiger partial charge in [-0.3, -0.25) is 4.79 Å². The lowest BCUT2D eigenvalue weighted by atomic mass is 10.2. The number of carbonyl (C=O) groups is 1. The average molecular weight is 214 g/mol. The summed E-state index contributed by atoms with van der Waals surface area (Å²) in [6.45, 7) is 1.82. The maximum Gasteiger partial charge on any atom is 0.341 e. The third-order valence-electron chi connectivity index (χ3n) is 1.74. The molecule has 1 aromatic rings. The minimum atomic E-state index is -1.02. The molecule has 0 aliphatic heterocycles. The number of hydrogen-bond acceptors (Lipinski definition) is 4. The summed E-state index contributed by atoms with van der Waals surface area (Å²) in [5.41, 5.74) is -0.913. The molecule has 0 fully saturated rings. The van der Waals surface area contributed by atoms with E-state index in [2.05, 4.69) is 10.3 Å². The van der Waals surface area contributed by atoms with Gasteiger partial charge in [0.1, 0.15) is 11.4 Å². The van der Waals surface area contributed by atoms with Gasteiger partial charge >= 0.3 is 5.97 Å². The predicted octanol–water partition coefficient (Wildman–Crippen LogP) is 0.732. The summed E-state index contributed by atoms with van der Waals surface area (Å²) in [5.74, 6) is -1.56. The molecule has 2 N–H and O–H groups in total. The molecule has 1 rings (SSSR count). The normalized spacial score (nSPS) is 9.80. The molecule has 0 aliphatic carbocycles. The Kier molecular flexibility index (Phi) is 3.43. The van der Waals surface area contributed by atoms with Crippen LogP contribution in [0.15, 0.2) is 10.9 Å². The Morgan fingerprint density at radius 1 is 1.67 bits per heavy atom. The minimum Gasteiger partial charge on any atom is -0.462 e. The van der Waals surface area contributed by atoms with Crippen molar-refractivity contribution in [2.45, 2.75) is 6.92 Å². The lowest BCUT2D eigenvalue weighted by Crippen LogP contribution is -2.18. The third-order valence-corrected chi connectivity index (χ3v) is 1.74. The average Bonchev–Trinajstić information content (AvgIpc) is 2.21. The number of halogens is 1. The van der Waals surface area contributed by atoms with Gasteiger partial charge < -0.3 is 15.0 Å². The van der Waals surface area contributed by atoms with Crippen LogP contribution in [0.4, 0.5) is 10.2 Å². The van der Waals surface area contributed by atoms with Crippen LogP contribution < -0.4 is 10.9 Å². The van der Waals surface area contributed by atoms with Crippen LogP contribution in [-0.2, 0) is 4.74 Å². The molecule has 1 aromatic heterocycles. The van der Waals surface area contributed by atoms with E-state index in [1.165, 1.54) is 7.05 Å². The highest BCUT2D eigenvalue weighted by Crippen LogP contribution is 2.11. The Balaban J connectivity index is 3.21. The molecule has 6 heteroatoms. The molecule has 0 aromatic carbocycles. The smallest absolute Gasteiger partial charge is 0.341 e. The highest BCUT2D eigenvalue weighted by molar-refractivity contribution is 5.94. The van der Waals surface area contributed by atoms with Crippen molar-refractivity contribution in [1.82, 2.24) is 4.98 Å². The van der Waals surface area contributed by atoms with Crippen LogP contribution in [0, 0.1) is 5.82 Å². The Labute approximate surface area is 85.3 Å². The fraction of sp³-hybridized carbons (Fsp3) is 0.333. The summed E-state index contributed by atoms with van der Waals surface area (Å²) in [5, 5.41) is 2.58. The molecular weight excluding hydrogens is 203 g/mol. The topological polar surface area (TPSA) is 71.2 Å². The number of H-pyrrole nitrogens is 1. The molecular formula is C9H11FN2O3. The Morgan fingerprint density at radius 2 is 2.33 bits per heavy atom. The summed E-state index contributed by atoms with van der Waals surface area (Å²) < 4.78 is 17.6. The molecule has 15 heavy (non-hydrogen) atoms. The largest absolute Gasteiger partial charge is 0.462 e. The second-order valence-corrected chi connectivity index (χ2v) is 2.71. The molecule has 0 saturated heterocycles. The first-order valence-corrected chi connectivity index (χ1v) is 4.37. The number of aromatic nitrogens is 1. The lowest BCUT2D eigenvalue weighted by Gasteiger charge is -2.07. The number of aromatic amines is 1. The van der Waals surface area contributed by atoms with Gasteiger partial charge in [0, 0.05) is 7.05 Å². The van der Waals surface area contributed by atoms with Gasteiger partial charge in [-0.05, 0) is 13.0 Å². The summed E-state index contributed by atoms with van der Waals surface area (Å²) in [7, 11) is 1.51. The number of ether oxygens (including phenoxy) is 1. The van der Waals surface area contributed by atoms with Gasteiger partial charge in [0.15, 0.2) is 5.82 Å². The van der Waals surface area contributed by atoms with Crippen LogP contribution in [0.5, 0.6) is 0 Å². The number of anilines is 1. The van der Waals surface area contributed by atoms with Gasteiger partial charge in [0.05, 0.1) is 6.61 Å². The minimum absolute atomic E-state index is 0.0311. The van der Waals surface area contributed by atoms with Crippen LogP contribution in [0.1, 0.15) is 17.3 Å². The number of nitrogens with one attached hydrogen (secondary N) is 2. The molecule has 0 atom stereocenters. The first kappa shape index (κ1) is 11.2. The highest BCUT2D eigenvalue weighted by Gasteiger charge is 2.15. The van der Waals surface area contributed by atoms with Crippen molar-refractivity contribution in [3.63, 3.8) is 0 Å². The van der Waals surface area contributed by atoms with E-state index in [0.717, 1.165) is 6.07 Å². The quantitative estimate of drug-likeness (QED) is 0.728. The molecule has 82 valence electrons. The van der Waals surface area contributed by atoms with Gasteiger partial charge in [-0.25, -0.2) is 9.18 Å². The fourth-order valence-electron chi connectivity index (χ4n) is 1.07. The number of pyridine rings is 1. The molecule has 0 radical (unpaired) electrons. The molecule has 0 aliphatic rings. The molecule has 0 saturated carbocycles. The number of hydrogen-bond donors (Lipinski definition) is 2. The van der Waals surface area contributed by atoms with Crippen molar-refractivity contribution >= 4 is 11.8 Å². The van der Waals surface area contributed by atoms with Gasteiger partial charge in [0.25, 0.3) is 5.56 Å². The lowest BCUT2D eigenvalue weighted by molar-refractivity contribution is 0.0526. The summed E-state index contributed by atoms with van der Waals surface area (Å²) in [4.78, 5) is 24.4. The van der Waals surface area contributed by atoms with E-state index in [1.54, 1.807) is 6.92 Å². The number of carbonyl (C=O) groups excluding carboxylic acids is 1. The van der Waals surface area contributed by atoms with Crippen LogP contribution in [0.2, 0.25) is 0 Å². The van der Waals surface area contributed by atoms with Gasteiger partial charge in [0.2, 0.25) is 0 Å². The zero-order valence-electron chi connectivity index (χ0n) is 8.39. The van der Waals surface area contributed by atoms with Crippen LogP contribution in [-0.4, -0.2) is 24.6 Å². The van der Waals surface area contributed by atoms with Gasteiger partial charge in [-0.2, -0.15) is 0 Å². The summed E-state index contributed by atoms with van der Waals surface area (Å²) >= 11 is 0. The monoisotopic (exact) mass is 214 g/mol. The zero-order chi connectivity index (χ0) is 11.4. The van der Waals surface area contributed by atoms with Crippen molar-refractivity contribution in [2.75, 3.05) is 19.0 Å². The first-order valence-electron chi connectivity index (χ1n) is 4.37. The molecule has 1 heterocycles. The van der Waals surface area contributed by atoms with E-state index in [-0.39, 0.29) is 18.0 Å². The number of esters is 1. The van der Waals surface area contributed by atoms with Crippen molar-refractivity contribution in [3.05, 3.63) is 27.8 Å². The van der Waals surface area contributed by atoms with E-state index in [9.17, 15) is 14.0 Å². The highest BCUT2D eigenvalue weighted by atomic mass is 19.1. The fourth-order valence-corrected chi connectivity index (χ4v) is 1.07. The van der Waals surface area contributed by atoms with E-state index in [4.69, 9.17) is 4.74 Å². The third kappa shape index (κ3) is 2.34.